The van der Waals surface area contributed by atoms with Crippen molar-refractivity contribution in [2.75, 3.05) is 10.7 Å². The predicted molar refractivity (Wildman–Crippen MR) is 101 cm³/mol. The summed E-state index contributed by atoms with van der Waals surface area (Å²) in [6.07, 6.45) is 7.05. The Morgan fingerprint density at radius 2 is 1.96 bits per heavy atom. The second-order valence-electron chi connectivity index (χ2n) is 6.74. The SMILES string of the molecule is C=CCSc1nc2ccc(N3C(=O)[C@@H]4[C@H](C3=O)[C@@H]3C=C[C@H]4C3)cc2s1. The second-order valence-corrected chi connectivity index (χ2v) is 9.04. The zero-order valence-electron chi connectivity index (χ0n) is 13.4. The first-order valence-electron chi connectivity index (χ1n) is 8.38. The average molecular weight is 368 g/mol. The van der Waals surface area contributed by atoms with E-state index in [1.54, 1.807) is 23.1 Å². The molecular weight excluding hydrogens is 352 g/mol. The molecule has 1 aromatic heterocycles. The van der Waals surface area contributed by atoms with E-state index < -0.39 is 0 Å². The fourth-order valence-corrected chi connectivity index (χ4v) is 6.24. The number of nitrogens with zero attached hydrogens (tertiary/aromatic N) is 2. The Balaban J connectivity index is 1.50. The van der Waals surface area contributed by atoms with Crippen molar-refractivity contribution in [1.29, 1.82) is 0 Å². The number of rotatable bonds is 4. The molecular formula is C19H16N2O2S2. The maximum atomic E-state index is 12.9. The van der Waals surface area contributed by atoms with E-state index in [1.807, 2.05) is 24.3 Å². The van der Waals surface area contributed by atoms with Crippen molar-refractivity contribution in [3.63, 3.8) is 0 Å². The van der Waals surface area contributed by atoms with Crippen molar-refractivity contribution < 1.29 is 9.59 Å². The van der Waals surface area contributed by atoms with Crippen molar-refractivity contribution in [3.8, 4) is 0 Å². The van der Waals surface area contributed by atoms with Crippen molar-refractivity contribution in [3.05, 3.63) is 43.0 Å². The highest BCUT2D eigenvalue weighted by Gasteiger charge is 2.59. The molecule has 2 bridgehead atoms. The van der Waals surface area contributed by atoms with Gasteiger partial charge in [-0.25, -0.2) is 9.88 Å². The van der Waals surface area contributed by atoms with Crippen molar-refractivity contribution in [2.24, 2.45) is 23.7 Å². The van der Waals surface area contributed by atoms with Crippen LogP contribution < -0.4 is 4.90 Å². The van der Waals surface area contributed by atoms with Gasteiger partial charge in [-0.1, -0.05) is 30.0 Å². The summed E-state index contributed by atoms with van der Waals surface area (Å²) < 4.78 is 1.98. The molecule has 2 heterocycles. The van der Waals surface area contributed by atoms with Gasteiger partial charge in [0, 0.05) is 5.75 Å². The summed E-state index contributed by atoms with van der Waals surface area (Å²) in [7, 11) is 0. The molecule has 4 nitrogen and oxygen atoms in total. The third kappa shape index (κ3) is 2.17. The topological polar surface area (TPSA) is 50.3 Å². The van der Waals surface area contributed by atoms with Crippen LogP contribution in [0.15, 0.2) is 47.3 Å². The van der Waals surface area contributed by atoms with Gasteiger partial charge in [0.25, 0.3) is 0 Å². The van der Waals surface area contributed by atoms with Gasteiger partial charge in [-0.2, -0.15) is 0 Å². The van der Waals surface area contributed by atoms with E-state index in [1.165, 1.54) is 4.90 Å². The van der Waals surface area contributed by atoms with E-state index in [0.29, 0.717) is 5.69 Å². The Hall–Kier alpha value is -1.92. The lowest BCUT2D eigenvalue weighted by Gasteiger charge is -2.17. The number of imide groups is 1. The molecule has 0 unspecified atom stereocenters. The lowest BCUT2D eigenvalue weighted by atomic mass is 9.85. The molecule has 6 heteroatoms. The third-order valence-electron chi connectivity index (χ3n) is 5.41. The Labute approximate surface area is 153 Å². The van der Waals surface area contributed by atoms with Crippen LogP contribution in [-0.2, 0) is 9.59 Å². The largest absolute Gasteiger partial charge is 0.274 e. The van der Waals surface area contributed by atoms with Gasteiger partial charge in [-0.15, -0.1) is 17.9 Å². The zero-order valence-corrected chi connectivity index (χ0v) is 15.1. The van der Waals surface area contributed by atoms with Crippen LogP contribution in [0.5, 0.6) is 0 Å². The van der Waals surface area contributed by atoms with E-state index >= 15 is 0 Å². The molecule has 1 saturated carbocycles. The molecule has 0 spiro atoms. The number of allylic oxidation sites excluding steroid dienone is 2. The minimum Gasteiger partial charge on any atom is -0.274 e. The average Bonchev–Trinajstić information content (AvgIpc) is 3.35. The Morgan fingerprint density at radius 3 is 2.64 bits per heavy atom. The highest BCUT2D eigenvalue weighted by Crippen LogP contribution is 2.53. The number of anilines is 1. The number of carbonyl (C=O) groups excluding carboxylic acids is 2. The molecule has 25 heavy (non-hydrogen) atoms. The Morgan fingerprint density at radius 1 is 1.24 bits per heavy atom. The molecule has 2 amide bonds. The van der Waals surface area contributed by atoms with Crippen LogP contribution in [0, 0.1) is 23.7 Å². The van der Waals surface area contributed by atoms with Crippen LogP contribution in [0.25, 0.3) is 10.2 Å². The highest BCUT2D eigenvalue weighted by atomic mass is 32.2. The number of carbonyl (C=O) groups is 2. The zero-order chi connectivity index (χ0) is 17.1. The van der Waals surface area contributed by atoms with Crippen LogP contribution in [-0.4, -0.2) is 22.6 Å². The van der Waals surface area contributed by atoms with Crippen molar-refractivity contribution >= 4 is 50.8 Å². The number of hydrogen-bond donors (Lipinski definition) is 0. The van der Waals surface area contributed by atoms with E-state index in [9.17, 15) is 9.59 Å². The quantitative estimate of drug-likeness (QED) is 0.467. The van der Waals surface area contributed by atoms with Crippen LogP contribution in [0.1, 0.15) is 6.42 Å². The van der Waals surface area contributed by atoms with E-state index in [2.05, 4.69) is 23.7 Å². The summed E-state index contributed by atoms with van der Waals surface area (Å²) in [6.45, 7) is 3.73. The lowest BCUT2D eigenvalue weighted by molar-refractivity contribution is -0.123. The predicted octanol–water partition coefficient (Wildman–Crippen LogP) is 3.89. The molecule has 2 aromatic rings. The maximum Gasteiger partial charge on any atom is 0.238 e. The van der Waals surface area contributed by atoms with Crippen LogP contribution >= 0.6 is 23.1 Å². The summed E-state index contributed by atoms with van der Waals surface area (Å²) in [5.74, 6) is 0.927. The molecule has 126 valence electrons. The van der Waals surface area contributed by atoms with Crippen molar-refractivity contribution in [2.45, 2.75) is 10.8 Å². The number of amides is 2. The molecule has 0 radical (unpaired) electrons. The lowest BCUT2D eigenvalue weighted by Crippen LogP contribution is -2.32. The third-order valence-corrected chi connectivity index (χ3v) is 7.56. The highest BCUT2D eigenvalue weighted by molar-refractivity contribution is 8.01. The molecule has 3 aliphatic rings. The van der Waals surface area contributed by atoms with Crippen LogP contribution in [0.4, 0.5) is 5.69 Å². The number of fused-ring (bicyclic) bond motifs is 6. The summed E-state index contributed by atoms with van der Waals surface area (Å²) >= 11 is 3.23. The van der Waals surface area contributed by atoms with Gasteiger partial charge in [-0.05, 0) is 36.5 Å². The molecule has 4 atom stereocenters. The molecule has 1 aliphatic heterocycles. The Bertz CT molecular complexity index is 918. The van der Waals surface area contributed by atoms with Crippen LogP contribution in [0.2, 0.25) is 0 Å². The van der Waals surface area contributed by atoms with Crippen molar-refractivity contribution in [1.82, 2.24) is 4.98 Å². The molecule has 1 saturated heterocycles. The normalized spacial score (nSPS) is 29.8. The van der Waals surface area contributed by atoms with Gasteiger partial charge >= 0.3 is 0 Å². The van der Waals surface area contributed by atoms with E-state index in [-0.39, 0.29) is 35.5 Å². The minimum atomic E-state index is -0.154. The molecule has 5 rings (SSSR count). The first-order valence-corrected chi connectivity index (χ1v) is 10.2. The summed E-state index contributed by atoms with van der Waals surface area (Å²) in [4.78, 5) is 31.8. The first-order chi connectivity index (χ1) is 12.2. The number of aromatic nitrogens is 1. The smallest absolute Gasteiger partial charge is 0.238 e. The number of hydrogen-bond acceptors (Lipinski definition) is 5. The van der Waals surface area contributed by atoms with Gasteiger partial charge in [0.05, 0.1) is 27.7 Å². The second kappa shape index (κ2) is 5.54. The molecule has 2 fully saturated rings. The minimum absolute atomic E-state index is 0.0306. The fourth-order valence-electron chi connectivity index (χ4n) is 4.38. The summed E-state index contributed by atoms with van der Waals surface area (Å²) in [6, 6.07) is 5.67. The molecule has 2 aliphatic carbocycles. The van der Waals surface area contributed by atoms with Gasteiger partial charge < -0.3 is 0 Å². The van der Waals surface area contributed by atoms with Gasteiger partial charge in [0.2, 0.25) is 11.8 Å². The monoisotopic (exact) mass is 368 g/mol. The van der Waals surface area contributed by atoms with Gasteiger partial charge in [0.15, 0.2) is 4.34 Å². The fraction of sp³-hybridized carbons (Fsp3) is 0.316. The van der Waals surface area contributed by atoms with Crippen LogP contribution in [0.3, 0.4) is 0 Å². The van der Waals surface area contributed by atoms with E-state index in [4.69, 9.17) is 0 Å². The van der Waals surface area contributed by atoms with Gasteiger partial charge in [0.1, 0.15) is 0 Å². The number of thiazole rings is 1. The molecule has 0 N–H and O–H groups in total. The summed E-state index contributed by atoms with van der Waals surface area (Å²) in [5, 5.41) is 0. The standard InChI is InChI=1S/C19H16N2O2S2/c1-2-7-24-19-20-13-6-5-12(9-14(13)25-19)21-17(22)15-10-3-4-11(8-10)16(15)18(21)23/h2-6,9-11,15-16H,1,7-8H2/t10-,11+,15-,16+. The van der Waals surface area contributed by atoms with Gasteiger partial charge in [-0.3, -0.25) is 9.59 Å². The first kappa shape index (κ1) is 15.3. The van der Waals surface area contributed by atoms with E-state index in [0.717, 1.165) is 26.7 Å². The Kier molecular flexibility index (Phi) is 3.40. The number of thioether (sulfide) groups is 1. The summed E-state index contributed by atoms with van der Waals surface area (Å²) in [5.41, 5.74) is 1.58. The number of benzene rings is 1. The molecule has 1 aromatic carbocycles. The maximum absolute atomic E-state index is 12.9.